The van der Waals surface area contributed by atoms with Gasteiger partial charge < -0.3 is 15.4 Å². The highest BCUT2D eigenvalue weighted by atomic mass is 16.5. The first-order valence-corrected chi connectivity index (χ1v) is 3.90. The average Bonchev–Trinajstić information content (AvgIpc) is 1.81. The van der Waals surface area contributed by atoms with Crippen molar-refractivity contribution in [1.29, 1.82) is 0 Å². The van der Waals surface area contributed by atoms with E-state index in [4.69, 9.17) is 10.5 Å². The summed E-state index contributed by atoms with van der Waals surface area (Å²) in [6, 6.07) is 0. The summed E-state index contributed by atoms with van der Waals surface area (Å²) in [5.74, 6) is 0. The van der Waals surface area contributed by atoms with Crippen molar-refractivity contribution in [3.05, 3.63) is 0 Å². The minimum Gasteiger partial charge on any atom is -0.449 e. The van der Waals surface area contributed by atoms with E-state index in [1.807, 2.05) is 32.8 Å². The molecule has 1 amide bonds. The van der Waals surface area contributed by atoms with E-state index in [0.29, 0.717) is 6.61 Å². The molecule has 0 aromatic heterocycles. The minimum atomic E-state index is -0.707. The van der Waals surface area contributed by atoms with Gasteiger partial charge in [0, 0.05) is 12.0 Å². The molecule has 2 N–H and O–H groups in total. The molecule has 0 saturated carbocycles. The number of ether oxygens (including phenoxy) is 1. The maximum atomic E-state index is 10.3. The Balaban J connectivity index is 3.78. The van der Waals surface area contributed by atoms with Gasteiger partial charge >= 0.3 is 6.09 Å². The monoisotopic (exact) mass is 174 g/mol. The Morgan fingerprint density at radius 2 is 2.00 bits per heavy atom. The molecule has 0 fully saturated rings. The van der Waals surface area contributed by atoms with Crippen molar-refractivity contribution in [2.24, 2.45) is 11.1 Å². The smallest absolute Gasteiger partial charge is 0.404 e. The van der Waals surface area contributed by atoms with Gasteiger partial charge in [0.1, 0.15) is 0 Å². The molecule has 0 spiro atoms. The molecule has 4 nitrogen and oxygen atoms in total. The van der Waals surface area contributed by atoms with Crippen LogP contribution in [0.5, 0.6) is 0 Å². The van der Waals surface area contributed by atoms with E-state index in [2.05, 4.69) is 0 Å². The summed E-state index contributed by atoms with van der Waals surface area (Å²) >= 11 is 0. The van der Waals surface area contributed by atoms with E-state index in [9.17, 15) is 4.79 Å². The van der Waals surface area contributed by atoms with E-state index in [0.717, 1.165) is 6.54 Å². The van der Waals surface area contributed by atoms with Gasteiger partial charge in [0.25, 0.3) is 0 Å². The molecule has 0 saturated heterocycles. The molecule has 0 aliphatic rings. The quantitative estimate of drug-likeness (QED) is 0.681. The summed E-state index contributed by atoms with van der Waals surface area (Å²) < 4.78 is 4.72. The highest BCUT2D eigenvalue weighted by molar-refractivity contribution is 5.64. The number of primary amides is 1. The average molecular weight is 174 g/mol. The van der Waals surface area contributed by atoms with E-state index in [1.165, 1.54) is 0 Å². The maximum Gasteiger partial charge on any atom is 0.404 e. The lowest BCUT2D eigenvalue weighted by atomic mass is 9.94. The summed E-state index contributed by atoms with van der Waals surface area (Å²) in [6.07, 6.45) is -0.707. The molecule has 0 aromatic carbocycles. The molecule has 0 bridgehead atoms. The number of nitrogens with two attached hydrogens (primary N) is 1. The van der Waals surface area contributed by atoms with Gasteiger partial charge in [0.05, 0.1) is 6.61 Å². The molecule has 0 rings (SSSR count). The number of amides is 1. The molecule has 0 unspecified atom stereocenters. The topological polar surface area (TPSA) is 55.6 Å². The predicted octanol–water partition coefficient (Wildman–Crippen LogP) is 0.670. The zero-order chi connectivity index (χ0) is 9.78. The van der Waals surface area contributed by atoms with E-state index < -0.39 is 6.09 Å². The Bertz CT molecular complexity index is 155. The lowest BCUT2D eigenvalue weighted by molar-refractivity contribution is 0.0901. The first kappa shape index (κ1) is 11.2. The number of hydrogen-bond donors (Lipinski definition) is 1. The molecule has 0 aliphatic heterocycles. The van der Waals surface area contributed by atoms with Crippen LogP contribution in [0.25, 0.3) is 0 Å². The van der Waals surface area contributed by atoms with Gasteiger partial charge in [-0.05, 0) is 14.1 Å². The Morgan fingerprint density at radius 3 is 2.33 bits per heavy atom. The van der Waals surface area contributed by atoms with Crippen LogP contribution in [0.15, 0.2) is 0 Å². The Hall–Kier alpha value is -0.770. The second-order valence-electron chi connectivity index (χ2n) is 4.01. The van der Waals surface area contributed by atoms with Crippen LogP contribution in [0.2, 0.25) is 0 Å². The van der Waals surface area contributed by atoms with Crippen LogP contribution in [-0.2, 0) is 4.74 Å². The molecule has 0 atom stereocenters. The summed E-state index contributed by atoms with van der Waals surface area (Å²) in [7, 11) is 3.96. The fourth-order valence-electron chi connectivity index (χ4n) is 1.17. The third-order valence-electron chi connectivity index (χ3n) is 1.35. The standard InChI is InChI=1S/C8H18N2O2/c1-8(2,5-10(3)4)6-12-7(9)11/h5-6H2,1-4H3,(H2,9,11). The van der Waals surface area contributed by atoms with Gasteiger partial charge in [-0.15, -0.1) is 0 Å². The molecule has 72 valence electrons. The molecular weight excluding hydrogens is 156 g/mol. The number of hydrogen-bond acceptors (Lipinski definition) is 3. The third kappa shape index (κ3) is 5.97. The van der Waals surface area contributed by atoms with Crippen molar-refractivity contribution in [1.82, 2.24) is 4.90 Å². The van der Waals surface area contributed by atoms with Crippen LogP contribution in [-0.4, -0.2) is 38.2 Å². The second kappa shape index (κ2) is 4.30. The van der Waals surface area contributed by atoms with Crippen molar-refractivity contribution in [2.45, 2.75) is 13.8 Å². The summed E-state index contributed by atoms with van der Waals surface area (Å²) in [4.78, 5) is 12.4. The van der Waals surface area contributed by atoms with E-state index >= 15 is 0 Å². The highest BCUT2D eigenvalue weighted by Crippen LogP contribution is 2.15. The molecule has 4 heteroatoms. The van der Waals surface area contributed by atoms with Crippen LogP contribution < -0.4 is 5.73 Å². The molecule has 12 heavy (non-hydrogen) atoms. The Kier molecular flexibility index (Phi) is 4.03. The van der Waals surface area contributed by atoms with Crippen LogP contribution in [0, 0.1) is 5.41 Å². The van der Waals surface area contributed by atoms with Crippen molar-refractivity contribution in [2.75, 3.05) is 27.2 Å². The third-order valence-corrected chi connectivity index (χ3v) is 1.35. The van der Waals surface area contributed by atoms with Crippen LogP contribution in [0.3, 0.4) is 0 Å². The van der Waals surface area contributed by atoms with Crippen molar-refractivity contribution in [3.63, 3.8) is 0 Å². The van der Waals surface area contributed by atoms with E-state index in [-0.39, 0.29) is 5.41 Å². The largest absolute Gasteiger partial charge is 0.449 e. The molecule has 0 aromatic rings. The maximum absolute atomic E-state index is 10.3. The van der Waals surface area contributed by atoms with Crippen LogP contribution in [0.1, 0.15) is 13.8 Å². The molecular formula is C8H18N2O2. The van der Waals surface area contributed by atoms with Crippen LogP contribution in [0.4, 0.5) is 4.79 Å². The Labute approximate surface area is 73.7 Å². The summed E-state index contributed by atoms with van der Waals surface area (Å²) in [6.45, 7) is 5.27. The van der Waals surface area contributed by atoms with Crippen molar-refractivity contribution in [3.8, 4) is 0 Å². The number of nitrogens with zero attached hydrogens (tertiary/aromatic N) is 1. The van der Waals surface area contributed by atoms with Crippen molar-refractivity contribution < 1.29 is 9.53 Å². The first-order chi connectivity index (χ1) is 5.33. The number of carbonyl (C=O) groups excluding carboxylic acids is 1. The fraction of sp³-hybridized carbons (Fsp3) is 0.875. The Morgan fingerprint density at radius 1 is 1.50 bits per heavy atom. The van der Waals surface area contributed by atoms with Gasteiger partial charge in [-0.1, -0.05) is 13.8 Å². The normalized spacial score (nSPS) is 11.8. The minimum absolute atomic E-state index is 0.0431. The van der Waals surface area contributed by atoms with Crippen molar-refractivity contribution >= 4 is 6.09 Å². The lowest BCUT2D eigenvalue weighted by Crippen LogP contribution is -2.34. The first-order valence-electron chi connectivity index (χ1n) is 3.90. The molecule has 0 aliphatic carbocycles. The van der Waals surface area contributed by atoms with Gasteiger partial charge in [0.15, 0.2) is 0 Å². The van der Waals surface area contributed by atoms with Gasteiger partial charge in [-0.25, -0.2) is 4.79 Å². The zero-order valence-electron chi connectivity index (χ0n) is 8.26. The van der Waals surface area contributed by atoms with Gasteiger partial charge in [-0.3, -0.25) is 0 Å². The fourth-order valence-corrected chi connectivity index (χ4v) is 1.17. The second-order valence-corrected chi connectivity index (χ2v) is 4.01. The van der Waals surface area contributed by atoms with Gasteiger partial charge in [-0.2, -0.15) is 0 Å². The summed E-state index contributed by atoms with van der Waals surface area (Å²) in [5, 5.41) is 0. The van der Waals surface area contributed by atoms with Gasteiger partial charge in [0.2, 0.25) is 0 Å². The lowest BCUT2D eigenvalue weighted by Gasteiger charge is -2.27. The van der Waals surface area contributed by atoms with Crippen LogP contribution >= 0.6 is 0 Å². The molecule has 0 heterocycles. The number of carbonyl (C=O) groups is 1. The predicted molar refractivity (Wildman–Crippen MR) is 47.9 cm³/mol. The summed E-state index contributed by atoms with van der Waals surface area (Å²) in [5.41, 5.74) is 4.81. The van der Waals surface area contributed by atoms with E-state index in [1.54, 1.807) is 0 Å². The number of rotatable bonds is 4. The highest BCUT2D eigenvalue weighted by Gasteiger charge is 2.20. The SMILES string of the molecule is CN(C)CC(C)(C)COC(N)=O. The zero-order valence-corrected chi connectivity index (χ0v) is 8.26. The molecule has 0 radical (unpaired) electrons.